The molecule has 1 heterocycles. The molecule has 2 rings (SSSR count). The third kappa shape index (κ3) is 2.72. The van der Waals surface area contributed by atoms with E-state index in [2.05, 4.69) is 4.74 Å². The number of hydrogen-bond acceptors (Lipinski definition) is 6. The number of nitrogens with two attached hydrogens (primary N) is 1. The zero-order chi connectivity index (χ0) is 15.4. The van der Waals surface area contributed by atoms with E-state index >= 15 is 0 Å². The Kier molecular flexibility index (Phi) is 4.24. The van der Waals surface area contributed by atoms with Gasteiger partial charge in [0.2, 0.25) is 0 Å². The molecule has 1 aliphatic rings. The Morgan fingerprint density at radius 1 is 1.43 bits per heavy atom. The Bertz CT molecular complexity index is 631. The number of esters is 2. The summed E-state index contributed by atoms with van der Waals surface area (Å²) in [7, 11) is 1.15. The average molecular weight is 286 g/mol. The summed E-state index contributed by atoms with van der Waals surface area (Å²) in [5.74, 6) is -2.59. The topological polar surface area (TPSA) is 102 Å². The van der Waals surface area contributed by atoms with Gasteiger partial charge >= 0.3 is 11.9 Å². The number of carbonyl (C=O) groups excluding carboxylic acids is 2. The minimum atomic E-state index is -0.860. The van der Waals surface area contributed by atoms with Crippen LogP contribution in [0.25, 0.3) is 0 Å². The molecule has 0 aromatic heterocycles. The first-order valence-corrected chi connectivity index (χ1v) is 6.29. The zero-order valence-corrected chi connectivity index (χ0v) is 11.4. The fourth-order valence-electron chi connectivity index (χ4n) is 2.34. The van der Waals surface area contributed by atoms with Gasteiger partial charge in [0.15, 0.2) is 5.57 Å². The third-order valence-corrected chi connectivity index (χ3v) is 3.41. The number of methoxy groups -OCH3 is 1. The molecule has 0 aliphatic carbocycles. The summed E-state index contributed by atoms with van der Waals surface area (Å²) in [6, 6.07) is 10.9. The highest BCUT2D eigenvalue weighted by Crippen LogP contribution is 2.35. The van der Waals surface area contributed by atoms with Crippen molar-refractivity contribution in [1.29, 1.82) is 5.26 Å². The standard InChI is InChI=1S/C15H14N2O4/c1-20-14(18)10(7-16)13(17)12-11(8-21-15(12)19)9-5-3-2-4-6-9/h2-6,11-12H,8,17H2,1H3/b13-10+. The van der Waals surface area contributed by atoms with E-state index in [0.717, 1.165) is 12.7 Å². The molecule has 0 bridgehead atoms. The molecule has 2 unspecified atom stereocenters. The summed E-state index contributed by atoms with van der Waals surface area (Å²) in [5.41, 5.74) is 6.27. The van der Waals surface area contributed by atoms with Crippen LogP contribution in [0, 0.1) is 17.2 Å². The van der Waals surface area contributed by atoms with Gasteiger partial charge in [-0.1, -0.05) is 30.3 Å². The second-order valence-electron chi connectivity index (χ2n) is 4.56. The SMILES string of the molecule is COC(=O)/C(C#N)=C(/N)C1C(=O)OCC1c1ccccc1. The lowest BCUT2D eigenvalue weighted by molar-refractivity contribution is -0.140. The van der Waals surface area contributed by atoms with Crippen LogP contribution in [0.3, 0.4) is 0 Å². The van der Waals surface area contributed by atoms with Crippen LogP contribution < -0.4 is 5.73 Å². The summed E-state index contributed by atoms with van der Waals surface area (Å²) < 4.78 is 9.56. The Labute approximate surface area is 121 Å². The third-order valence-electron chi connectivity index (χ3n) is 3.41. The molecule has 0 spiro atoms. The molecular formula is C15H14N2O4. The fourth-order valence-corrected chi connectivity index (χ4v) is 2.34. The Balaban J connectivity index is 2.44. The maximum absolute atomic E-state index is 11.9. The lowest BCUT2D eigenvalue weighted by Crippen LogP contribution is -2.26. The second-order valence-corrected chi connectivity index (χ2v) is 4.56. The van der Waals surface area contributed by atoms with Crippen LogP contribution in [0.5, 0.6) is 0 Å². The Hall–Kier alpha value is -2.81. The average Bonchev–Trinajstić information content (AvgIpc) is 2.90. The van der Waals surface area contributed by atoms with Crippen molar-refractivity contribution in [2.75, 3.05) is 13.7 Å². The van der Waals surface area contributed by atoms with Crippen LogP contribution in [0.1, 0.15) is 11.5 Å². The van der Waals surface area contributed by atoms with E-state index < -0.39 is 17.9 Å². The molecule has 0 saturated carbocycles. The number of ether oxygens (including phenoxy) is 2. The van der Waals surface area contributed by atoms with E-state index in [9.17, 15) is 9.59 Å². The number of hydrogen-bond donors (Lipinski definition) is 1. The first-order chi connectivity index (χ1) is 10.1. The monoisotopic (exact) mass is 286 g/mol. The first kappa shape index (κ1) is 14.6. The van der Waals surface area contributed by atoms with Crippen molar-refractivity contribution in [3.05, 3.63) is 47.2 Å². The molecule has 21 heavy (non-hydrogen) atoms. The summed E-state index contributed by atoms with van der Waals surface area (Å²) in [5, 5.41) is 9.06. The van der Waals surface area contributed by atoms with Crippen molar-refractivity contribution >= 4 is 11.9 Å². The maximum atomic E-state index is 11.9. The molecule has 1 aliphatic heterocycles. The molecule has 2 atom stereocenters. The van der Waals surface area contributed by atoms with Crippen molar-refractivity contribution in [2.24, 2.45) is 11.7 Å². The lowest BCUT2D eigenvalue weighted by Gasteiger charge is -2.16. The molecule has 2 N–H and O–H groups in total. The number of cyclic esters (lactones) is 1. The van der Waals surface area contributed by atoms with Gasteiger partial charge in [-0.05, 0) is 5.56 Å². The van der Waals surface area contributed by atoms with Gasteiger partial charge in [0.25, 0.3) is 0 Å². The summed E-state index contributed by atoms with van der Waals surface area (Å²) >= 11 is 0. The van der Waals surface area contributed by atoms with Crippen molar-refractivity contribution in [3.8, 4) is 6.07 Å². The van der Waals surface area contributed by atoms with E-state index in [1.54, 1.807) is 6.07 Å². The smallest absolute Gasteiger partial charge is 0.350 e. The van der Waals surface area contributed by atoms with Gasteiger partial charge in [0.1, 0.15) is 12.0 Å². The predicted molar refractivity (Wildman–Crippen MR) is 72.5 cm³/mol. The highest BCUT2D eigenvalue weighted by atomic mass is 16.5. The molecule has 108 valence electrons. The predicted octanol–water partition coefficient (Wildman–Crippen LogP) is 0.853. The molecule has 0 radical (unpaired) electrons. The van der Waals surface area contributed by atoms with Gasteiger partial charge in [-0.15, -0.1) is 0 Å². The quantitative estimate of drug-likeness (QED) is 0.502. The van der Waals surface area contributed by atoms with Crippen LogP contribution in [0.2, 0.25) is 0 Å². The Morgan fingerprint density at radius 2 is 2.10 bits per heavy atom. The maximum Gasteiger partial charge on any atom is 0.350 e. The molecular weight excluding hydrogens is 272 g/mol. The molecule has 1 aromatic carbocycles. The number of benzene rings is 1. The summed E-state index contributed by atoms with van der Waals surface area (Å²) in [6.45, 7) is 0.161. The first-order valence-electron chi connectivity index (χ1n) is 6.29. The zero-order valence-electron chi connectivity index (χ0n) is 11.4. The Morgan fingerprint density at radius 3 is 2.67 bits per heavy atom. The van der Waals surface area contributed by atoms with Crippen LogP contribution in [0.4, 0.5) is 0 Å². The minimum Gasteiger partial charge on any atom is -0.465 e. The lowest BCUT2D eigenvalue weighted by atomic mass is 9.85. The number of nitriles is 1. The van der Waals surface area contributed by atoms with E-state index in [4.69, 9.17) is 15.7 Å². The van der Waals surface area contributed by atoms with Gasteiger partial charge in [-0.2, -0.15) is 5.26 Å². The van der Waals surface area contributed by atoms with E-state index in [1.165, 1.54) is 0 Å². The van der Waals surface area contributed by atoms with E-state index in [-0.39, 0.29) is 23.8 Å². The fraction of sp³-hybridized carbons (Fsp3) is 0.267. The van der Waals surface area contributed by atoms with Gasteiger partial charge in [-0.3, -0.25) is 4.79 Å². The molecule has 0 amide bonds. The molecule has 1 aromatic rings. The van der Waals surface area contributed by atoms with Crippen molar-refractivity contribution in [1.82, 2.24) is 0 Å². The van der Waals surface area contributed by atoms with Gasteiger partial charge in [0, 0.05) is 11.6 Å². The van der Waals surface area contributed by atoms with Crippen molar-refractivity contribution in [2.45, 2.75) is 5.92 Å². The number of nitrogens with zero attached hydrogens (tertiary/aromatic N) is 1. The van der Waals surface area contributed by atoms with E-state index in [1.807, 2.05) is 30.3 Å². The van der Waals surface area contributed by atoms with Crippen LogP contribution in [-0.4, -0.2) is 25.7 Å². The van der Waals surface area contributed by atoms with Gasteiger partial charge < -0.3 is 15.2 Å². The molecule has 6 nitrogen and oxygen atoms in total. The summed E-state index contributed by atoms with van der Waals surface area (Å²) in [4.78, 5) is 23.5. The van der Waals surface area contributed by atoms with Crippen LogP contribution in [-0.2, 0) is 19.1 Å². The second kappa shape index (κ2) is 6.09. The highest BCUT2D eigenvalue weighted by molar-refractivity contribution is 5.95. The molecule has 6 heteroatoms. The van der Waals surface area contributed by atoms with Gasteiger partial charge in [-0.25, -0.2) is 4.79 Å². The van der Waals surface area contributed by atoms with Gasteiger partial charge in [0.05, 0.1) is 13.7 Å². The van der Waals surface area contributed by atoms with Crippen molar-refractivity contribution in [3.63, 3.8) is 0 Å². The largest absolute Gasteiger partial charge is 0.465 e. The van der Waals surface area contributed by atoms with Crippen LogP contribution in [0.15, 0.2) is 41.6 Å². The molecule has 1 saturated heterocycles. The minimum absolute atomic E-state index is 0.110. The highest BCUT2D eigenvalue weighted by Gasteiger charge is 2.41. The van der Waals surface area contributed by atoms with E-state index in [0.29, 0.717) is 0 Å². The number of carbonyl (C=O) groups is 2. The molecule has 1 fully saturated rings. The van der Waals surface area contributed by atoms with Crippen LogP contribution >= 0.6 is 0 Å². The normalized spacial score (nSPS) is 22.0. The number of rotatable bonds is 3. The summed E-state index contributed by atoms with van der Waals surface area (Å²) in [6.07, 6.45) is 0. The van der Waals surface area contributed by atoms with Crippen molar-refractivity contribution < 1.29 is 19.1 Å².